The van der Waals surface area contributed by atoms with E-state index in [2.05, 4.69) is 10.6 Å². The van der Waals surface area contributed by atoms with Crippen molar-refractivity contribution in [1.29, 1.82) is 0 Å². The van der Waals surface area contributed by atoms with Crippen LogP contribution >= 0.6 is 23.2 Å². The lowest BCUT2D eigenvalue weighted by atomic mass is 10.2. The summed E-state index contributed by atoms with van der Waals surface area (Å²) in [6.07, 6.45) is 0. The van der Waals surface area contributed by atoms with E-state index in [1.54, 1.807) is 38.2 Å². The van der Waals surface area contributed by atoms with Gasteiger partial charge in [-0.15, -0.1) is 0 Å². The molecule has 2 amide bonds. The van der Waals surface area contributed by atoms with E-state index in [-0.39, 0.29) is 24.9 Å². The van der Waals surface area contributed by atoms with Gasteiger partial charge < -0.3 is 10.6 Å². The number of carbonyl (C=O) groups excluding carboxylic acids is 2. The smallest absolute Gasteiger partial charge is 0.238 e. The number of nitrogens with zero attached hydrogens (tertiary/aromatic N) is 1. The lowest BCUT2D eigenvalue weighted by Crippen LogP contribution is -2.36. The largest absolute Gasteiger partial charge is 0.325 e. The average Bonchev–Trinajstić information content (AvgIpc) is 2.54. The zero-order chi connectivity index (χ0) is 19.3. The van der Waals surface area contributed by atoms with Gasteiger partial charge in [-0.05, 0) is 49.9 Å². The Morgan fingerprint density at radius 2 is 1.65 bits per heavy atom. The highest BCUT2D eigenvalue weighted by molar-refractivity contribution is 6.42. The Morgan fingerprint density at radius 3 is 2.31 bits per heavy atom. The third-order valence-corrected chi connectivity index (χ3v) is 4.24. The van der Waals surface area contributed by atoms with Crippen LogP contribution in [0.2, 0.25) is 10.0 Å². The van der Waals surface area contributed by atoms with Gasteiger partial charge in [0.2, 0.25) is 11.8 Å². The van der Waals surface area contributed by atoms with Crippen molar-refractivity contribution in [2.24, 2.45) is 0 Å². The summed E-state index contributed by atoms with van der Waals surface area (Å²) >= 11 is 11.7. The number of hydrogen-bond donors (Lipinski definition) is 2. The molecule has 0 unspecified atom stereocenters. The van der Waals surface area contributed by atoms with Crippen LogP contribution in [0.3, 0.4) is 0 Å². The van der Waals surface area contributed by atoms with Crippen molar-refractivity contribution in [3.8, 4) is 0 Å². The quantitative estimate of drug-likeness (QED) is 0.775. The van der Waals surface area contributed by atoms with Crippen molar-refractivity contribution in [3.05, 3.63) is 57.8 Å². The van der Waals surface area contributed by atoms with Crippen molar-refractivity contribution in [3.63, 3.8) is 0 Å². The fourth-order valence-electron chi connectivity index (χ4n) is 2.24. The van der Waals surface area contributed by atoms with Crippen LogP contribution < -0.4 is 10.6 Å². The minimum absolute atomic E-state index is 0.00417. The molecule has 0 aromatic heterocycles. The zero-order valence-electron chi connectivity index (χ0n) is 14.3. The number of rotatable bonds is 6. The summed E-state index contributed by atoms with van der Waals surface area (Å²) in [4.78, 5) is 25.7. The summed E-state index contributed by atoms with van der Waals surface area (Å²) in [5, 5.41) is 6.04. The van der Waals surface area contributed by atoms with Gasteiger partial charge in [0.05, 0.1) is 23.1 Å². The van der Waals surface area contributed by atoms with Gasteiger partial charge in [0.1, 0.15) is 5.82 Å². The molecule has 0 saturated carbocycles. The van der Waals surface area contributed by atoms with Crippen LogP contribution in [0, 0.1) is 12.7 Å². The summed E-state index contributed by atoms with van der Waals surface area (Å²) in [6, 6.07) is 8.92. The average molecular weight is 398 g/mol. The maximum absolute atomic E-state index is 13.3. The van der Waals surface area contributed by atoms with Gasteiger partial charge in [-0.25, -0.2) is 4.39 Å². The maximum atomic E-state index is 13.3. The fourth-order valence-corrected chi connectivity index (χ4v) is 2.54. The Balaban J connectivity index is 1.85. The predicted molar refractivity (Wildman–Crippen MR) is 102 cm³/mol. The molecule has 8 heteroatoms. The van der Waals surface area contributed by atoms with Crippen molar-refractivity contribution >= 4 is 46.4 Å². The fraction of sp³-hybridized carbons (Fsp3) is 0.222. The molecule has 0 atom stereocenters. The molecule has 0 saturated heterocycles. The number of likely N-dealkylation sites (N-methyl/N-ethyl adjacent to an activating group) is 1. The first-order valence-electron chi connectivity index (χ1n) is 7.74. The molecule has 2 N–H and O–H groups in total. The maximum Gasteiger partial charge on any atom is 0.238 e. The van der Waals surface area contributed by atoms with Crippen LogP contribution in [0.25, 0.3) is 0 Å². The number of amides is 2. The van der Waals surface area contributed by atoms with Gasteiger partial charge in [-0.1, -0.05) is 29.3 Å². The molecule has 0 fully saturated rings. The Bertz CT molecular complexity index is 830. The van der Waals surface area contributed by atoms with Crippen molar-refractivity contribution in [2.75, 3.05) is 30.8 Å². The van der Waals surface area contributed by atoms with E-state index in [0.717, 1.165) is 5.56 Å². The normalized spacial score (nSPS) is 10.7. The molecule has 2 rings (SSSR count). The second kappa shape index (κ2) is 8.98. The molecule has 26 heavy (non-hydrogen) atoms. The first kappa shape index (κ1) is 20.2. The summed E-state index contributed by atoms with van der Waals surface area (Å²) in [7, 11) is 1.63. The molecule has 138 valence electrons. The number of aryl methyl sites for hydroxylation is 1. The van der Waals surface area contributed by atoms with Gasteiger partial charge in [-0.2, -0.15) is 0 Å². The molecule has 0 spiro atoms. The van der Waals surface area contributed by atoms with Crippen molar-refractivity contribution in [1.82, 2.24) is 4.90 Å². The van der Waals surface area contributed by atoms with E-state index in [1.807, 2.05) is 0 Å². The van der Waals surface area contributed by atoms with Crippen LogP contribution in [0.4, 0.5) is 15.8 Å². The third-order valence-electron chi connectivity index (χ3n) is 3.50. The minimum atomic E-state index is -0.430. The standard InChI is InChI=1S/C18H18Cl2FN3O2/c1-11-3-4-12(21)7-16(11)23-18(26)10-24(2)9-17(25)22-13-5-6-14(19)15(20)8-13/h3-8H,9-10H2,1-2H3,(H,22,25)(H,23,26). The minimum Gasteiger partial charge on any atom is -0.325 e. The number of hydrogen-bond acceptors (Lipinski definition) is 3. The van der Waals surface area contributed by atoms with E-state index in [1.165, 1.54) is 17.0 Å². The van der Waals surface area contributed by atoms with Crippen molar-refractivity contribution in [2.45, 2.75) is 6.92 Å². The van der Waals surface area contributed by atoms with Gasteiger partial charge in [0.15, 0.2) is 0 Å². The predicted octanol–water partition coefficient (Wildman–Crippen LogP) is 3.95. The van der Waals surface area contributed by atoms with E-state index >= 15 is 0 Å². The molecule has 2 aromatic carbocycles. The lowest BCUT2D eigenvalue weighted by Gasteiger charge is -2.16. The van der Waals surface area contributed by atoms with Gasteiger partial charge in [-0.3, -0.25) is 14.5 Å². The highest BCUT2D eigenvalue weighted by atomic mass is 35.5. The van der Waals surface area contributed by atoms with E-state index < -0.39 is 5.82 Å². The Kier molecular flexibility index (Phi) is 6.97. The molecular formula is C18H18Cl2FN3O2. The number of benzene rings is 2. The highest BCUT2D eigenvalue weighted by Crippen LogP contribution is 2.24. The van der Waals surface area contributed by atoms with Crippen molar-refractivity contribution < 1.29 is 14.0 Å². The SMILES string of the molecule is Cc1ccc(F)cc1NC(=O)CN(C)CC(=O)Nc1ccc(Cl)c(Cl)c1. The number of halogens is 3. The Hall–Kier alpha value is -2.15. The molecule has 0 heterocycles. The summed E-state index contributed by atoms with van der Waals surface area (Å²) in [6.45, 7) is 1.74. The van der Waals surface area contributed by atoms with Crippen LogP contribution in [0.1, 0.15) is 5.56 Å². The lowest BCUT2D eigenvalue weighted by molar-refractivity contribution is -0.119. The van der Waals surface area contributed by atoms with Crippen LogP contribution in [-0.4, -0.2) is 36.9 Å². The second-order valence-corrected chi connectivity index (χ2v) is 6.67. The summed E-state index contributed by atoms with van der Waals surface area (Å²) < 4.78 is 13.3. The Morgan fingerprint density at radius 1 is 1.00 bits per heavy atom. The van der Waals surface area contributed by atoms with Gasteiger partial charge in [0, 0.05) is 11.4 Å². The monoisotopic (exact) mass is 397 g/mol. The molecule has 0 aliphatic heterocycles. The second-order valence-electron chi connectivity index (χ2n) is 5.86. The summed E-state index contributed by atoms with van der Waals surface area (Å²) in [5.41, 5.74) is 1.67. The first-order chi connectivity index (χ1) is 12.2. The van der Waals surface area contributed by atoms with E-state index in [9.17, 15) is 14.0 Å². The van der Waals surface area contributed by atoms with Gasteiger partial charge in [0.25, 0.3) is 0 Å². The first-order valence-corrected chi connectivity index (χ1v) is 8.49. The molecular weight excluding hydrogens is 380 g/mol. The highest BCUT2D eigenvalue weighted by Gasteiger charge is 2.13. The number of carbonyl (C=O) groups is 2. The number of nitrogens with one attached hydrogen (secondary N) is 2. The van der Waals surface area contributed by atoms with Crippen LogP contribution in [0.15, 0.2) is 36.4 Å². The molecule has 2 aromatic rings. The molecule has 0 aliphatic rings. The van der Waals surface area contributed by atoms with Gasteiger partial charge >= 0.3 is 0 Å². The topological polar surface area (TPSA) is 61.4 Å². The molecule has 5 nitrogen and oxygen atoms in total. The third kappa shape index (κ3) is 5.98. The number of anilines is 2. The molecule has 0 aliphatic carbocycles. The Labute approximate surface area is 161 Å². The van der Waals surface area contributed by atoms with E-state index in [4.69, 9.17) is 23.2 Å². The van der Waals surface area contributed by atoms with Crippen LogP contribution in [0.5, 0.6) is 0 Å². The molecule has 0 bridgehead atoms. The van der Waals surface area contributed by atoms with Crippen LogP contribution in [-0.2, 0) is 9.59 Å². The van der Waals surface area contributed by atoms with E-state index in [0.29, 0.717) is 21.4 Å². The summed E-state index contributed by atoms with van der Waals surface area (Å²) in [5.74, 6) is -1.08. The molecule has 0 radical (unpaired) electrons. The zero-order valence-corrected chi connectivity index (χ0v) is 15.8.